The minimum absolute atomic E-state index is 0.492. The van der Waals surface area contributed by atoms with Crippen molar-refractivity contribution in [3.8, 4) is 0 Å². The molecule has 0 aliphatic heterocycles. The molecule has 1 saturated carbocycles. The first kappa shape index (κ1) is 12.5. The summed E-state index contributed by atoms with van der Waals surface area (Å²) in [6.07, 6.45) is 4.84. The van der Waals surface area contributed by atoms with Gasteiger partial charge in [-0.3, -0.25) is 0 Å². The zero-order valence-corrected chi connectivity index (χ0v) is 11.1. The Morgan fingerprint density at radius 3 is 2.76 bits per heavy atom. The summed E-state index contributed by atoms with van der Waals surface area (Å²) in [6.45, 7) is 5.62. The van der Waals surface area contributed by atoms with Crippen LogP contribution in [0, 0.1) is 11.8 Å². The molecule has 5 nitrogen and oxygen atoms in total. The third-order valence-corrected chi connectivity index (χ3v) is 3.61. The number of nitrogens with one attached hydrogen (secondary N) is 1. The predicted octanol–water partition coefficient (Wildman–Crippen LogP) is 1.17. The van der Waals surface area contributed by atoms with Gasteiger partial charge in [0.1, 0.15) is 0 Å². The average Bonchev–Trinajstić information content (AvgIpc) is 3.08. The van der Waals surface area contributed by atoms with Crippen LogP contribution in [0.1, 0.15) is 38.9 Å². The summed E-state index contributed by atoms with van der Waals surface area (Å²) in [6, 6.07) is 0.492. The highest BCUT2D eigenvalue weighted by atomic mass is 15.6. The van der Waals surface area contributed by atoms with E-state index in [9.17, 15) is 0 Å². The Hall–Kier alpha value is -0.970. The fourth-order valence-corrected chi connectivity index (χ4v) is 2.33. The number of nitrogens with zero attached hydrogens (tertiary/aromatic N) is 4. The summed E-state index contributed by atoms with van der Waals surface area (Å²) in [4.78, 5) is 1.54. The molecule has 5 heteroatoms. The highest BCUT2D eigenvalue weighted by Crippen LogP contribution is 2.38. The number of rotatable bonds is 7. The molecule has 1 fully saturated rings. The van der Waals surface area contributed by atoms with Crippen LogP contribution < -0.4 is 5.32 Å². The molecule has 17 heavy (non-hydrogen) atoms. The summed E-state index contributed by atoms with van der Waals surface area (Å²) in [5, 5.41) is 15.9. The molecule has 2 rings (SSSR count). The second-order valence-electron chi connectivity index (χ2n) is 5.16. The van der Waals surface area contributed by atoms with Gasteiger partial charge in [-0.25, -0.2) is 0 Å². The maximum atomic E-state index is 4.28. The molecule has 1 heterocycles. The highest BCUT2D eigenvalue weighted by Gasteiger charge is 2.33. The van der Waals surface area contributed by atoms with Gasteiger partial charge >= 0.3 is 0 Å². The Balaban J connectivity index is 1.93. The number of aryl methyl sites for hydroxylation is 1. The number of hydrogen-bond acceptors (Lipinski definition) is 4. The third kappa shape index (κ3) is 3.49. The molecule has 1 aliphatic rings. The lowest BCUT2D eigenvalue weighted by Crippen LogP contribution is -2.38. The molecule has 1 aliphatic carbocycles. The van der Waals surface area contributed by atoms with Crippen molar-refractivity contribution in [2.75, 3.05) is 6.54 Å². The SMILES string of the molecule is CCCNC(Cc1nnn(C)n1)C(C)C1CC1. The summed E-state index contributed by atoms with van der Waals surface area (Å²) in [5.41, 5.74) is 0. The number of aromatic nitrogens is 4. The van der Waals surface area contributed by atoms with Crippen molar-refractivity contribution >= 4 is 0 Å². The van der Waals surface area contributed by atoms with Crippen LogP contribution in [0.2, 0.25) is 0 Å². The van der Waals surface area contributed by atoms with Gasteiger partial charge in [0.05, 0.1) is 7.05 Å². The molecular weight excluding hydrogens is 214 g/mol. The topological polar surface area (TPSA) is 55.6 Å². The predicted molar refractivity (Wildman–Crippen MR) is 66.5 cm³/mol. The van der Waals surface area contributed by atoms with E-state index in [0.717, 1.165) is 24.7 Å². The van der Waals surface area contributed by atoms with Crippen LogP contribution in [-0.4, -0.2) is 32.8 Å². The van der Waals surface area contributed by atoms with Crippen LogP contribution in [0.3, 0.4) is 0 Å². The fraction of sp³-hybridized carbons (Fsp3) is 0.917. The molecule has 1 aromatic rings. The van der Waals surface area contributed by atoms with Gasteiger partial charge in [0, 0.05) is 12.5 Å². The van der Waals surface area contributed by atoms with Crippen LogP contribution in [0.25, 0.3) is 0 Å². The summed E-state index contributed by atoms with van der Waals surface area (Å²) in [7, 11) is 1.81. The van der Waals surface area contributed by atoms with Crippen LogP contribution in [0.4, 0.5) is 0 Å². The quantitative estimate of drug-likeness (QED) is 0.773. The molecule has 0 bridgehead atoms. The minimum atomic E-state index is 0.492. The van der Waals surface area contributed by atoms with Gasteiger partial charge in [0.2, 0.25) is 0 Å². The van der Waals surface area contributed by atoms with Crippen LogP contribution >= 0.6 is 0 Å². The smallest absolute Gasteiger partial charge is 0.176 e. The Kier molecular flexibility index (Phi) is 4.10. The van der Waals surface area contributed by atoms with Crippen molar-refractivity contribution in [1.82, 2.24) is 25.5 Å². The van der Waals surface area contributed by atoms with E-state index in [4.69, 9.17) is 0 Å². The van der Waals surface area contributed by atoms with Gasteiger partial charge in [-0.15, -0.1) is 10.2 Å². The van der Waals surface area contributed by atoms with E-state index in [1.165, 1.54) is 24.1 Å². The van der Waals surface area contributed by atoms with E-state index >= 15 is 0 Å². The maximum Gasteiger partial charge on any atom is 0.176 e. The van der Waals surface area contributed by atoms with Crippen molar-refractivity contribution in [2.45, 2.75) is 45.6 Å². The Morgan fingerprint density at radius 1 is 1.47 bits per heavy atom. The molecule has 0 saturated heterocycles. The minimum Gasteiger partial charge on any atom is -0.313 e. The van der Waals surface area contributed by atoms with Crippen molar-refractivity contribution < 1.29 is 0 Å². The Labute approximate surface area is 103 Å². The van der Waals surface area contributed by atoms with Gasteiger partial charge in [-0.2, -0.15) is 4.80 Å². The van der Waals surface area contributed by atoms with Crippen molar-refractivity contribution in [3.63, 3.8) is 0 Å². The standard InChI is InChI=1S/C12H23N5/c1-4-7-13-11(9(2)10-5-6-10)8-12-14-16-17(3)15-12/h9-11,13H,4-8H2,1-3H3. The Morgan fingerprint density at radius 2 is 2.24 bits per heavy atom. The van der Waals surface area contributed by atoms with E-state index in [0.29, 0.717) is 12.0 Å². The lowest BCUT2D eigenvalue weighted by atomic mass is 9.93. The zero-order valence-electron chi connectivity index (χ0n) is 11.1. The molecule has 0 aromatic carbocycles. The first-order chi connectivity index (χ1) is 8.20. The van der Waals surface area contributed by atoms with Crippen molar-refractivity contribution in [2.24, 2.45) is 18.9 Å². The van der Waals surface area contributed by atoms with E-state index in [1.54, 1.807) is 0 Å². The van der Waals surface area contributed by atoms with Crippen LogP contribution in [0.5, 0.6) is 0 Å². The summed E-state index contributed by atoms with van der Waals surface area (Å²) < 4.78 is 0. The second-order valence-corrected chi connectivity index (χ2v) is 5.16. The number of hydrogen-bond donors (Lipinski definition) is 1. The van der Waals surface area contributed by atoms with Crippen molar-refractivity contribution in [3.05, 3.63) is 5.82 Å². The Bertz CT molecular complexity index is 344. The molecule has 0 spiro atoms. The molecule has 96 valence electrons. The monoisotopic (exact) mass is 237 g/mol. The van der Waals surface area contributed by atoms with Gasteiger partial charge in [0.15, 0.2) is 5.82 Å². The summed E-state index contributed by atoms with van der Waals surface area (Å²) >= 11 is 0. The molecular formula is C12H23N5. The average molecular weight is 237 g/mol. The third-order valence-electron chi connectivity index (χ3n) is 3.61. The van der Waals surface area contributed by atoms with Gasteiger partial charge < -0.3 is 5.32 Å². The maximum absolute atomic E-state index is 4.28. The van der Waals surface area contributed by atoms with E-state index in [1.807, 2.05) is 7.05 Å². The number of tetrazole rings is 1. The fourth-order valence-electron chi connectivity index (χ4n) is 2.33. The second kappa shape index (κ2) is 5.58. The molecule has 2 atom stereocenters. The summed E-state index contributed by atoms with van der Waals surface area (Å²) in [5.74, 6) is 2.47. The lowest BCUT2D eigenvalue weighted by molar-refractivity contribution is 0.335. The molecule has 1 N–H and O–H groups in total. The first-order valence-electron chi connectivity index (χ1n) is 6.67. The molecule has 1 aromatic heterocycles. The lowest BCUT2D eigenvalue weighted by Gasteiger charge is -2.24. The van der Waals surface area contributed by atoms with Crippen LogP contribution in [-0.2, 0) is 13.5 Å². The molecule has 2 unspecified atom stereocenters. The van der Waals surface area contributed by atoms with E-state index in [-0.39, 0.29) is 0 Å². The first-order valence-corrected chi connectivity index (χ1v) is 6.67. The van der Waals surface area contributed by atoms with Crippen molar-refractivity contribution in [1.29, 1.82) is 0 Å². The normalized spacial score (nSPS) is 19.2. The van der Waals surface area contributed by atoms with E-state index in [2.05, 4.69) is 34.6 Å². The van der Waals surface area contributed by atoms with Gasteiger partial charge in [-0.05, 0) is 42.9 Å². The highest BCUT2D eigenvalue weighted by molar-refractivity contribution is 4.92. The molecule has 0 amide bonds. The molecule has 0 radical (unpaired) electrons. The van der Waals surface area contributed by atoms with Gasteiger partial charge in [-0.1, -0.05) is 13.8 Å². The zero-order chi connectivity index (χ0) is 12.3. The van der Waals surface area contributed by atoms with E-state index < -0.39 is 0 Å². The van der Waals surface area contributed by atoms with Crippen LogP contribution in [0.15, 0.2) is 0 Å². The van der Waals surface area contributed by atoms with Gasteiger partial charge in [0.25, 0.3) is 0 Å². The largest absolute Gasteiger partial charge is 0.313 e.